The summed E-state index contributed by atoms with van der Waals surface area (Å²) < 4.78 is 19.0. The first-order chi connectivity index (χ1) is 18.2. The highest BCUT2D eigenvalue weighted by molar-refractivity contribution is 7.58. The molecule has 0 aromatic carbocycles. The predicted octanol–water partition coefficient (Wildman–Crippen LogP) is 13.3. The molecule has 0 saturated carbocycles. The molecule has 0 radical (unpaired) electrons. The van der Waals surface area contributed by atoms with E-state index in [1.54, 1.807) is 0 Å². The van der Waals surface area contributed by atoms with Gasteiger partial charge in [0.15, 0.2) is 0 Å². The molecule has 0 aliphatic carbocycles. The molecule has 0 unspecified atom stereocenters. The third-order valence-corrected chi connectivity index (χ3v) is 10.8. The van der Waals surface area contributed by atoms with Gasteiger partial charge in [-0.2, -0.15) is 0 Å². The number of rotatable bonds is 32. The van der Waals surface area contributed by atoms with Crippen molar-refractivity contribution in [1.29, 1.82) is 0 Å². The van der Waals surface area contributed by atoms with Crippen molar-refractivity contribution < 1.29 is 9.09 Å². The van der Waals surface area contributed by atoms with Crippen LogP contribution in [0.15, 0.2) is 0 Å². The minimum atomic E-state index is -2.39. The van der Waals surface area contributed by atoms with E-state index in [1.165, 1.54) is 167 Å². The van der Waals surface area contributed by atoms with Gasteiger partial charge in [-0.15, -0.1) is 0 Å². The molecule has 0 fully saturated rings. The highest BCUT2D eigenvalue weighted by Crippen LogP contribution is 2.48. The molecule has 0 amide bonds. The largest absolute Gasteiger partial charge is 0.329 e. The Kier molecular flexibility index (Phi) is 30.9. The fourth-order valence-electron chi connectivity index (χ4n) is 5.57. The van der Waals surface area contributed by atoms with Crippen molar-refractivity contribution in [3.63, 3.8) is 0 Å². The Hall–Kier alpha value is 0.190. The van der Waals surface area contributed by atoms with Crippen LogP contribution in [0.1, 0.15) is 201 Å². The Morgan fingerprint density at radius 3 is 0.784 bits per heavy atom. The van der Waals surface area contributed by atoms with Crippen LogP contribution in [0.4, 0.5) is 0 Å². The fourth-order valence-corrected chi connectivity index (χ4v) is 7.93. The molecule has 0 atom stereocenters. The molecule has 0 aliphatic heterocycles. The molecule has 224 valence electrons. The van der Waals surface area contributed by atoms with Gasteiger partial charge >= 0.3 is 0 Å². The topological polar surface area (TPSA) is 26.3 Å². The molecule has 0 rings (SSSR count). The lowest BCUT2D eigenvalue weighted by Gasteiger charge is -2.18. The van der Waals surface area contributed by atoms with Crippen LogP contribution in [0.3, 0.4) is 0 Å². The molecular weight excluding hydrogens is 471 g/mol. The summed E-state index contributed by atoms with van der Waals surface area (Å²) in [4.78, 5) is 0. The van der Waals surface area contributed by atoms with Crippen molar-refractivity contribution in [2.45, 2.75) is 201 Å². The second-order valence-corrected chi connectivity index (χ2v) is 14.7. The average molecular weight is 543 g/mol. The van der Waals surface area contributed by atoms with Gasteiger partial charge in [-0.25, -0.2) is 0 Å². The Morgan fingerprint density at radius 1 is 0.351 bits per heavy atom. The van der Waals surface area contributed by atoms with E-state index in [4.69, 9.17) is 4.52 Å². The van der Waals surface area contributed by atoms with Crippen molar-refractivity contribution in [2.24, 2.45) is 0 Å². The van der Waals surface area contributed by atoms with Crippen LogP contribution in [0.25, 0.3) is 0 Å². The van der Waals surface area contributed by atoms with Gasteiger partial charge in [-0.05, 0) is 19.8 Å². The average Bonchev–Trinajstić information content (AvgIpc) is 2.89. The molecule has 0 N–H and O–H groups in total. The molecule has 0 aromatic rings. The normalized spacial score (nSPS) is 12.0. The van der Waals surface area contributed by atoms with Crippen molar-refractivity contribution in [2.75, 3.05) is 18.9 Å². The van der Waals surface area contributed by atoms with E-state index in [1.807, 2.05) is 6.92 Å². The molecule has 0 spiro atoms. The van der Waals surface area contributed by atoms with Gasteiger partial charge in [0, 0.05) is 12.3 Å². The van der Waals surface area contributed by atoms with Crippen molar-refractivity contribution in [3.8, 4) is 0 Å². The van der Waals surface area contributed by atoms with Crippen LogP contribution in [-0.2, 0) is 9.09 Å². The quantitative estimate of drug-likeness (QED) is 0.0624. The molecule has 37 heavy (non-hydrogen) atoms. The molecule has 0 bridgehead atoms. The lowest BCUT2D eigenvalue weighted by Crippen LogP contribution is -2.01. The summed E-state index contributed by atoms with van der Waals surface area (Å²) in [7, 11) is -2.39. The maximum absolute atomic E-state index is 13.2. The summed E-state index contributed by atoms with van der Waals surface area (Å²) in [6.45, 7) is 7.19. The Bertz CT molecular complexity index is 429. The van der Waals surface area contributed by atoms with Gasteiger partial charge in [-0.3, -0.25) is 4.57 Å². The smallest absolute Gasteiger partial charge is 0.203 e. The lowest BCUT2D eigenvalue weighted by atomic mass is 10.0. The molecule has 0 heterocycles. The number of unbranched alkanes of at least 4 members (excludes halogenated alkanes) is 26. The van der Waals surface area contributed by atoms with Crippen LogP contribution in [-0.4, -0.2) is 18.9 Å². The molecular formula is C34H71O2P. The zero-order valence-corrected chi connectivity index (χ0v) is 27.1. The predicted molar refractivity (Wildman–Crippen MR) is 170 cm³/mol. The van der Waals surface area contributed by atoms with Crippen molar-refractivity contribution in [1.82, 2.24) is 0 Å². The van der Waals surface area contributed by atoms with E-state index >= 15 is 0 Å². The lowest BCUT2D eigenvalue weighted by molar-refractivity contribution is 0.330. The minimum Gasteiger partial charge on any atom is -0.329 e. The van der Waals surface area contributed by atoms with Gasteiger partial charge in [-0.1, -0.05) is 181 Å². The first-order valence-corrected chi connectivity index (χ1v) is 19.4. The molecule has 0 aliphatic rings. The number of hydrogen-bond donors (Lipinski definition) is 0. The summed E-state index contributed by atoms with van der Waals surface area (Å²) in [5, 5.41) is 0. The third kappa shape index (κ3) is 29.0. The van der Waals surface area contributed by atoms with Gasteiger partial charge < -0.3 is 4.52 Å². The van der Waals surface area contributed by atoms with Crippen LogP contribution in [0.5, 0.6) is 0 Å². The van der Waals surface area contributed by atoms with Crippen LogP contribution in [0.2, 0.25) is 0 Å². The SMILES string of the molecule is CCCCCCCCCCCCCCCCP(=O)(CCCCCCCCCCCCCCCC)OCC. The molecule has 3 heteroatoms. The summed E-state index contributed by atoms with van der Waals surface area (Å²) in [6, 6.07) is 0. The van der Waals surface area contributed by atoms with E-state index in [2.05, 4.69) is 13.8 Å². The van der Waals surface area contributed by atoms with Crippen LogP contribution < -0.4 is 0 Å². The van der Waals surface area contributed by atoms with Crippen molar-refractivity contribution >= 4 is 7.37 Å². The Morgan fingerprint density at radius 2 is 0.568 bits per heavy atom. The summed E-state index contributed by atoms with van der Waals surface area (Å²) in [6.07, 6.45) is 40.0. The Labute approximate surface area is 235 Å². The zero-order valence-electron chi connectivity index (χ0n) is 26.2. The minimum absolute atomic E-state index is 0.606. The van der Waals surface area contributed by atoms with Gasteiger partial charge in [0.2, 0.25) is 7.37 Å². The Balaban J connectivity index is 3.53. The summed E-state index contributed by atoms with van der Waals surface area (Å²) in [5.41, 5.74) is 0. The van der Waals surface area contributed by atoms with Gasteiger partial charge in [0.1, 0.15) is 0 Å². The first-order valence-electron chi connectivity index (χ1n) is 17.4. The van der Waals surface area contributed by atoms with Gasteiger partial charge in [0.05, 0.1) is 6.61 Å². The summed E-state index contributed by atoms with van der Waals surface area (Å²) in [5.74, 6) is 0. The van der Waals surface area contributed by atoms with E-state index < -0.39 is 7.37 Å². The highest BCUT2D eigenvalue weighted by Gasteiger charge is 2.21. The maximum atomic E-state index is 13.2. The first kappa shape index (κ1) is 37.2. The number of hydrogen-bond acceptors (Lipinski definition) is 2. The van der Waals surface area contributed by atoms with E-state index in [-0.39, 0.29) is 0 Å². The molecule has 2 nitrogen and oxygen atoms in total. The molecule has 0 aromatic heterocycles. The highest BCUT2D eigenvalue weighted by atomic mass is 31.2. The fraction of sp³-hybridized carbons (Fsp3) is 1.00. The summed E-state index contributed by atoms with van der Waals surface area (Å²) >= 11 is 0. The monoisotopic (exact) mass is 543 g/mol. The van der Waals surface area contributed by atoms with Crippen LogP contribution in [0, 0.1) is 0 Å². The van der Waals surface area contributed by atoms with E-state index in [9.17, 15) is 4.57 Å². The van der Waals surface area contributed by atoms with E-state index in [0.29, 0.717) is 6.61 Å². The second kappa shape index (κ2) is 30.7. The van der Waals surface area contributed by atoms with E-state index in [0.717, 1.165) is 25.2 Å². The van der Waals surface area contributed by atoms with Gasteiger partial charge in [0.25, 0.3) is 0 Å². The third-order valence-electron chi connectivity index (χ3n) is 8.07. The molecule has 0 saturated heterocycles. The van der Waals surface area contributed by atoms with Crippen LogP contribution >= 0.6 is 7.37 Å². The van der Waals surface area contributed by atoms with Crippen molar-refractivity contribution in [3.05, 3.63) is 0 Å². The zero-order chi connectivity index (χ0) is 27.1. The maximum Gasteiger partial charge on any atom is 0.203 e. The second-order valence-electron chi connectivity index (χ2n) is 11.9. The standard InChI is InChI=1S/C34H71O2P/c1-4-7-9-11-13-15-17-19-21-23-25-27-29-31-33-37(35,36-6-3)34-32-30-28-26-24-22-20-18-16-14-12-10-8-5-2/h4-34H2,1-3H3.